The minimum absolute atomic E-state index is 0. The van der Waals surface area contributed by atoms with Crippen molar-refractivity contribution in [1.29, 1.82) is 0 Å². The first-order valence-electron chi connectivity index (χ1n) is 5.92. The van der Waals surface area contributed by atoms with Crippen molar-refractivity contribution < 1.29 is 9.90 Å². The Hall–Kier alpha value is -1.59. The largest absolute Gasteiger partial charge is 0.507 e. The van der Waals surface area contributed by atoms with Gasteiger partial charge in [0.25, 0.3) is 5.91 Å². The van der Waals surface area contributed by atoms with E-state index in [1.165, 1.54) is 0 Å². The zero-order chi connectivity index (χ0) is 13.0. The number of carbonyl (C=O) groups is 1. The Bertz CT molecular complexity index is 572. The molecule has 0 aliphatic carbocycles. The van der Waals surface area contributed by atoms with E-state index < -0.39 is 0 Å². The Morgan fingerprint density at radius 2 is 1.84 bits per heavy atom. The van der Waals surface area contributed by atoms with Crippen LogP contribution >= 0.6 is 17.0 Å². The highest BCUT2D eigenvalue weighted by Gasteiger charge is 2.11. The first-order valence-corrected chi connectivity index (χ1v) is 5.92. The fourth-order valence-corrected chi connectivity index (χ4v) is 1.81. The molecule has 0 fully saturated rings. The molecular formula is C14H17BrN2O2. The van der Waals surface area contributed by atoms with Crippen molar-refractivity contribution in [2.24, 2.45) is 5.73 Å². The molecule has 0 saturated heterocycles. The van der Waals surface area contributed by atoms with E-state index in [4.69, 9.17) is 5.73 Å². The number of rotatable bonds is 4. The molecule has 0 aliphatic rings. The summed E-state index contributed by atoms with van der Waals surface area (Å²) < 4.78 is 0. The number of phenols is 1. The summed E-state index contributed by atoms with van der Waals surface area (Å²) >= 11 is 0. The van der Waals surface area contributed by atoms with Crippen LogP contribution in [-0.2, 0) is 0 Å². The summed E-state index contributed by atoms with van der Waals surface area (Å²) in [4.78, 5) is 11.9. The van der Waals surface area contributed by atoms with Crippen molar-refractivity contribution in [1.82, 2.24) is 5.32 Å². The quantitative estimate of drug-likeness (QED) is 0.755. The SMILES string of the molecule is Br.NCCCNC(=O)c1cc2ccccc2cc1O. The number of phenolic OH excluding ortho intramolecular Hbond substituents is 1. The van der Waals surface area contributed by atoms with Crippen LogP contribution in [0.5, 0.6) is 5.75 Å². The van der Waals surface area contributed by atoms with Gasteiger partial charge in [0.15, 0.2) is 0 Å². The molecule has 0 heterocycles. The standard InChI is InChI=1S/C14H16N2O2.BrH/c15-6-3-7-16-14(18)12-8-10-4-1-2-5-11(10)9-13(12)17;/h1-2,4-5,8-9,17H,3,6-7,15H2,(H,16,18);1H. The molecule has 2 aromatic carbocycles. The zero-order valence-corrected chi connectivity index (χ0v) is 12.1. The van der Waals surface area contributed by atoms with Gasteiger partial charge < -0.3 is 16.2 Å². The molecule has 19 heavy (non-hydrogen) atoms. The molecule has 0 radical (unpaired) electrons. The summed E-state index contributed by atoms with van der Waals surface area (Å²) in [5.41, 5.74) is 5.65. The third-order valence-corrected chi connectivity index (χ3v) is 2.78. The number of aromatic hydroxyl groups is 1. The Morgan fingerprint density at radius 3 is 2.47 bits per heavy atom. The maximum atomic E-state index is 11.9. The van der Waals surface area contributed by atoms with Gasteiger partial charge in [0, 0.05) is 6.54 Å². The lowest BCUT2D eigenvalue weighted by Gasteiger charge is -2.08. The van der Waals surface area contributed by atoms with E-state index in [2.05, 4.69) is 5.32 Å². The normalized spacial score (nSPS) is 9.95. The highest BCUT2D eigenvalue weighted by Crippen LogP contribution is 2.24. The zero-order valence-electron chi connectivity index (χ0n) is 10.4. The molecule has 102 valence electrons. The van der Waals surface area contributed by atoms with E-state index in [0.717, 1.165) is 17.2 Å². The van der Waals surface area contributed by atoms with Crippen molar-refractivity contribution >= 4 is 33.7 Å². The molecule has 2 rings (SSSR count). The van der Waals surface area contributed by atoms with Gasteiger partial charge in [-0.3, -0.25) is 4.79 Å². The molecule has 0 spiro atoms. The summed E-state index contributed by atoms with van der Waals surface area (Å²) in [6.45, 7) is 1.05. The van der Waals surface area contributed by atoms with Crippen molar-refractivity contribution in [2.75, 3.05) is 13.1 Å². The van der Waals surface area contributed by atoms with E-state index in [9.17, 15) is 9.90 Å². The number of amides is 1. The first kappa shape index (κ1) is 15.5. The predicted molar refractivity (Wildman–Crippen MR) is 81.9 cm³/mol. The minimum Gasteiger partial charge on any atom is -0.507 e. The highest BCUT2D eigenvalue weighted by molar-refractivity contribution is 8.93. The maximum absolute atomic E-state index is 11.9. The summed E-state index contributed by atoms with van der Waals surface area (Å²) in [6, 6.07) is 10.9. The van der Waals surface area contributed by atoms with E-state index in [0.29, 0.717) is 18.7 Å². The number of carbonyl (C=O) groups excluding carboxylic acids is 1. The molecule has 1 amide bonds. The van der Waals surface area contributed by atoms with Gasteiger partial charge in [-0.05, 0) is 35.9 Å². The summed E-state index contributed by atoms with van der Waals surface area (Å²) in [6.07, 6.45) is 0.722. The molecule has 4 nitrogen and oxygen atoms in total. The second kappa shape index (κ2) is 7.11. The number of hydrogen-bond acceptors (Lipinski definition) is 3. The Kier molecular flexibility index (Phi) is 5.79. The maximum Gasteiger partial charge on any atom is 0.255 e. The van der Waals surface area contributed by atoms with Crippen LogP contribution in [-0.4, -0.2) is 24.1 Å². The van der Waals surface area contributed by atoms with Crippen LogP contribution in [0.1, 0.15) is 16.8 Å². The third kappa shape index (κ3) is 3.68. The summed E-state index contributed by atoms with van der Waals surface area (Å²) in [5, 5.41) is 14.4. The van der Waals surface area contributed by atoms with E-state index in [1.54, 1.807) is 12.1 Å². The van der Waals surface area contributed by atoms with Crippen LogP contribution < -0.4 is 11.1 Å². The molecular weight excluding hydrogens is 308 g/mol. The van der Waals surface area contributed by atoms with Gasteiger partial charge in [0.05, 0.1) is 5.56 Å². The average Bonchev–Trinajstić information content (AvgIpc) is 2.38. The monoisotopic (exact) mass is 324 g/mol. The molecule has 4 N–H and O–H groups in total. The van der Waals surface area contributed by atoms with Crippen molar-refractivity contribution in [3.63, 3.8) is 0 Å². The van der Waals surface area contributed by atoms with Crippen LogP contribution in [0, 0.1) is 0 Å². The van der Waals surface area contributed by atoms with Crippen molar-refractivity contribution in [3.05, 3.63) is 42.0 Å². The van der Waals surface area contributed by atoms with Gasteiger partial charge in [-0.15, -0.1) is 17.0 Å². The Balaban J connectivity index is 0.00000180. The molecule has 0 unspecified atom stereocenters. The first-order chi connectivity index (χ1) is 8.72. The average molecular weight is 325 g/mol. The fourth-order valence-electron chi connectivity index (χ4n) is 1.81. The molecule has 2 aromatic rings. The number of fused-ring (bicyclic) bond motifs is 1. The summed E-state index contributed by atoms with van der Waals surface area (Å²) in [7, 11) is 0. The lowest BCUT2D eigenvalue weighted by molar-refractivity contribution is 0.0951. The molecule has 0 saturated carbocycles. The topological polar surface area (TPSA) is 75.3 Å². The third-order valence-electron chi connectivity index (χ3n) is 2.78. The van der Waals surface area contributed by atoms with Crippen LogP contribution in [0.15, 0.2) is 36.4 Å². The number of benzene rings is 2. The van der Waals surface area contributed by atoms with Gasteiger partial charge in [0.2, 0.25) is 0 Å². The smallest absolute Gasteiger partial charge is 0.255 e. The number of halogens is 1. The molecule has 0 atom stereocenters. The van der Waals surface area contributed by atoms with E-state index in [-0.39, 0.29) is 28.6 Å². The van der Waals surface area contributed by atoms with Gasteiger partial charge in [-0.2, -0.15) is 0 Å². The summed E-state index contributed by atoms with van der Waals surface area (Å²) in [5.74, 6) is -0.273. The van der Waals surface area contributed by atoms with Crippen LogP contribution in [0.4, 0.5) is 0 Å². The van der Waals surface area contributed by atoms with Gasteiger partial charge in [0.1, 0.15) is 5.75 Å². The Morgan fingerprint density at radius 1 is 1.21 bits per heavy atom. The van der Waals surface area contributed by atoms with Crippen LogP contribution in [0.2, 0.25) is 0 Å². The second-order valence-corrected chi connectivity index (χ2v) is 4.11. The number of hydrogen-bond donors (Lipinski definition) is 3. The van der Waals surface area contributed by atoms with E-state index >= 15 is 0 Å². The number of nitrogens with two attached hydrogens (primary N) is 1. The highest BCUT2D eigenvalue weighted by atomic mass is 79.9. The van der Waals surface area contributed by atoms with Crippen molar-refractivity contribution in [2.45, 2.75) is 6.42 Å². The Labute approximate surface area is 122 Å². The molecule has 0 aliphatic heterocycles. The van der Waals surface area contributed by atoms with Gasteiger partial charge in [-0.25, -0.2) is 0 Å². The number of nitrogens with one attached hydrogen (secondary N) is 1. The van der Waals surface area contributed by atoms with Gasteiger partial charge in [-0.1, -0.05) is 24.3 Å². The predicted octanol–water partition coefficient (Wildman–Crippen LogP) is 2.20. The lowest BCUT2D eigenvalue weighted by atomic mass is 10.1. The van der Waals surface area contributed by atoms with Crippen LogP contribution in [0.25, 0.3) is 10.8 Å². The molecule has 0 bridgehead atoms. The van der Waals surface area contributed by atoms with Gasteiger partial charge >= 0.3 is 0 Å². The van der Waals surface area contributed by atoms with Crippen LogP contribution in [0.3, 0.4) is 0 Å². The van der Waals surface area contributed by atoms with Crippen molar-refractivity contribution in [3.8, 4) is 5.75 Å². The molecule has 0 aromatic heterocycles. The fraction of sp³-hybridized carbons (Fsp3) is 0.214. The van der Waals surface area contributed by atoms with E-state index in [1.807, 2.05) is 24.3 Å². The molecule has 5 heteroatoms. The lowest BCUT2D eigenvalue weighted by Crippen LogP contribution is -2.26. The second-order valence-electron chi connectivity index (χ2n) is 4.11. The minimum atomic E-state index is -0.272.